The van der Waals surface area contributed by atoms with Gasteiger partial charge in [-0.2, -0.15) is 0 Å². The molecule has 21 heavy (non-hydrogen) atoms. The van der Waals surface area contributed by atoms with Gasteiger partial charge in [-0.25, -0.2) is 9.97 Å². The predicted molar refractivity (Wildman–Crippen MR) is 83.6 cm³/mol. The van der Waals surface area contributed by atoms with E-state index < -0.39 is 0 Å². The van der Waals surface area contributed by atoms with Gasteiger partial charge in [-0.1, -0.05) is 0 Å². The number of imidazole rings is 1. The number of alkyl halides is 1. The van der Waals surface area contributed by atoms with Crippen LogP contribution in [0.15, 0.2) is 23.7 Å². The molecule has 0 saturated heterocycles. The van der Waals surface area contributed by atoms with Crippen LogP contribution in [0, 0.1) is 0 Å². The fraction of sp³-hybridized carbons (Fsp3) is 0.286. The molecule has 2 heterocycles. The van der Waals surface area contributed by atoms with E-state index in [1.165, 1.54) is 0 Å². The second-order valence-electron chi connectivity index (χ2n) is 4.37. The lowest BCUT2D eigenvalue weighted by atomic mass is 10.2. The standard InChI is InChI=1S/C14H14ClN3O2S/c1-19-11-5-9-10(6-12(11)20-2)18(13(7-15)17-9)8-14-16-3-4-21-14/h3-6H,7-8H2,1-2H3. The van der Waals surface area contributed by atoms with Gasteiger partial charge in [0, 0.05) is 23.7 Å². The van der Waals surface area contributed by atoms with Gasteiger partial charge in [0.2, 0.25) is 0 Å². The van der Waals surface area contributed by atoms with Crippen LogP contribution in [0.3, 0.4) is 0 Å². The quantitative estimate of drug-likeness (QED) is 0.676. The maximum absolute atomic E-state index is 6.03. The van der Waals surface area contributed by atoms with Crippen LogP contribution >= 0.6 is 22.9 Å². The van der Waals surface area contributed by atoms with Gasteiger partial charge < -0.3 is 14.0 Å². The Labute approximate surface area is 131 Å². The first-order chi connectivity index (χ1) is 10.3. The first-order valence-corrected chi connectivity index (χ1v) is 7.73. The van der Waals surface area contributed by atoms with Gasteiger partial charge in [-0.3, -0.25) is 0 Å². The number of fused-ring (bicyclic) bond motifs is 1. The molecular formula is C14H14ClN3O2S. The number of benzene rings is 1. The lowest BCUT2D eigenvalue weighted by molar-refractivity contribution is 0.355. The van der Waals surface area contributed by atoms with E-state index in [2.05, 4.69) is 14.5 Å². The molecule has 0 spiro atoms. The number of halogens is 1. The Morgan fingerprint density at radius 3 is 2.62 bits per heavy atom. The fourth-order valence-electron chi connectivity index (χ4n) is 2.25. The maximum Gasteiger partial charge on any atom is 0.163 e. The van der Waals surface area contributed by atoms with E-state index in [1.54, 1.807) is 31.8 Å². The summed E-state index contributed by atoms with van der Waals surface area (Å²) >= 11 is 7.64. The van der Waals surface area contributed by atoms with E-state index in [9.17, 15) is 0 Å². The van der Waals surface area contributed by atoms with Crippen molar-refractivity contribution in [2.45, 2.75) is 12.4 Å². The number of aromatic nitrogens is 3. The summed E-state index contributed by atoms with van der Waals surface area (Å²) in [6.45, 7) is 0.645. The number of thiazole rings is 1. The van der Waals surface area contributed by atoms with Crippen LogP contribution in [0.2, 0.25) is 0 Å². The van der Waals surface area contributed by atoms with Crippen LogP contribution in [-0.2, 0) is 12.4 Å². The zero-order valence-corrected chi connectivity index (χ0v) is 13.2. The topological polar surface area (TPSA) is 49.2 Å². The van der Waals surface area contributed by atoms with Crippen molar-refractivity contribution in [3.63, 3.8) is 0 Å². The highest BCUT2D eigenvalue weighted by Crippen LogP contribution is 2.33. The molecule has 0 bridgehead atoms. The second kappa shape index (κ2) is 5.91. The molecule has 0 N–H and O–H groups in total. The molecule has 0 atom stereocenters. The summed E-state index contributed by atoms with van der Waals surface area (Å²) in [6, 6.07) is 3.79. The molecule has 0 saturated carbocycles. The molecule has 0 aliphatic heterocycles. The van der Waals surface area contributed by atoms with Crippen LogP contribution in [0.4, 0.5) is 0 Å². The lowest BCUT2D eigenvalue weighted by Gasteiger charge is -2.09. The fourth-order valence-corrected chi connectivity index (χ4v) is 3.05. The summed E-state index contributed by atoms with van der Waals surface area (Å²) in [6.07, 6.45) is 1.79. The lowest BCUT2D eigenvalue weighted by Crippen LogP contribution is -2.03. The van der Waals surface area contributed by atoms with Gasteiger partial charge in [0.1, 0.15) is 10.8 Å². The Hall–Kier alpha value is -1.79. The van der Waals surface area contributed by atoms with E-state index in [0.717, 1.165) is 21.9 Å². The monoisotopic (exact) mass is 323 g/mol. The van der Waals surface area contributed by atoms with Crippen LogP contribution in [0.1, 0.15) is 10.8 Å². The summed E-state index contributed by atoms with van der Waals surface area (Å²) in [5.74, 6) is 2.47. The van der Waals surface area contributed by atoms with Gasteiger partial charge in [0.15, 0.2) is 11.5 Å². The number of hydrogen-bond acceptors (Lipinski definition) is 5. The van der Waals surface area contributed by atoms with Gasteiger partial charge in [0.25, 0.3) is 0 Å². The van der Waals surface area contributed by atoms with Crippen LogP contribution in [-0.4, -0.2) is 28.8 Å². The second-order valence-corrected chi connectivity index (χ2v) is 5.62. The molecule has 0 aliphatic rings. The first kappa shape index (κ1) is 14.2. The average molecular weight is 324 g/mol. The zero-order chi connectivity index (χ0) is 14.8. The van der Waals surface area contributed by atoms with Crippen LogP contribution in [0.5, 0.6) is 11.5 Å². The van der Waals surface area contributed by atoms with Gasteiger partial charge in [-0.15, -0.1) is 22.9 Å². The van der Waals surface area contributed by atoms with Gasteiger partial charge >= 0.3 is 0 Å². The van der Waals surface area contributed by atoms with Crippen LogP contribution in [0.25, 0.3) is 11.0 Å². The van der Waals surface area contributed by atoms with E-state index >= 15 is 0 Å². The zero-order valence-electron chi connectivity index (χ0n) is 11.7. The number of rotatable bonds is 5. The van der Waals surface area contributed by atoms with Gasteiger partial charge in [-0.05, 0) is 0 Å². The normalized spacial score (nSPS) is 11.0. The van der Waals surface area contributed by atoms with Crippen molar-refractivity contribution in [3.8, 4) is 11.5 Å². The summed E-state index contributed by atoms with van der Waals surface area (Å²) in [7, 11) is 3.23. The van der Waals surface area contributed by atoms with E-state index in [-0.39, 0.29) is 0 Å². The van der Waals surface area contributed by atoms with Crippen molar-refractivity contribution in [2.24, 2.45) is 0 Å². The highest BCUT2D eigenvalue weighted by molar-refractivity contribution is 7.09. The Morgan fingerprint density at radius 2 is 2.00 bits per heavy atom. The number of nitrogens with zero attached hydrogens (tertiary/aromatic N) is 3. The van der Waals surface area contributed by atoms with E-state index in [1.807, 2.05) is 17.5 Å². The third-order valence-electron chi connectivity index (χ3n) is 3.23. The number of ether oxygens (including phenoxy) is 2. The Balaban J connectivity index is 2.16. The Morgan fingerprint density at radius 1 is 1.24 bits per heavy atom. The minimum atomic E-state index is 0.338. The smallest absolute Gasteiger partial charge is 0.163 e. The SMILES string of the molecule is COc1cc2nc(CCl)n(Cc3nccs3)c2cc1OC. The molecule has 3 rings (SSSR count). The van der Waals surface area contributed by atoms with E-state index in [4.69, 9.17) is 21.1 Å². The first-order valence-electron chi connectivity index (χ1n) is 6.32. The van der Waals surface area contributed by atoms with E-state index in [0.29, 0.717) is 23.9 Å². The molecule has 7 heteroatoms. The summed E-state index contributed by atoms with van der Waals surface area (Å²) < 4.78 is 12.7. The largest absolute Gasteiger partial charge is 0.493 e. The summed E-state index contributed by atoms with van der Waals surface area (Å²) in [4.78, 5) is 8.89. The van der Waals surface area contributed by atoms with Gasteiger partial charge in [0.05, 0.1) is 37.7 Å². The Bertz CT molecular complexity index is 755. The molecule has 3 aromatic rings. The minimum Gasteiger partial charge on any atom is -0.493 e. The van der Waals surface area contributed by atoms with Crippen molar-refractivity contribution < 1.29 is 9.47 Å². The molecular weight excluding hydrogens is 310 g/mol. The molecule has 0 fully saturated rings. The predicted octanol–water partition coefficient (Wildman–Crippen LogP) is 3.30. The molecule has 2 aromatic heterocycles. The molecule has 1 aromatic carbocycles. The highest BCUT2D eigenvalue weighted by atomic mass is 35.5. The van der Waals surface area contributed by atoms with Crippen LogP contribution < -0.4 is 9.47 Å². The molecule has 0 amide bonds. The summed E-state index contributed by atoms with van der Waals surface area (Å²) in [5.41, 5.74) is 1.79. The van der Waals surface area contributed by atoms with Crippen molar-refractivity contribution in [1.29, 1.82) is 0 Å². The average Bonchev–Trinajstić information content (AvgIpc) is 3.14. The van der Waals surface area contributed by atoms with Crippen molar-refractivity contribution >= 4 is 34.0 Å². The van der Waals surface area contributed by atoms with Crippen molar-refractivity contribution in [1.82, 2.24) is 14.5 Å². The molecule has 0 aliphatic carbocycles. The number of methoxy groups -OCH3 is 2. The molecule has 110 valence electrons. The molecule has 0 unspecified atom stereocenters. The number of hydrogen-bond donors (Lipinski definition) is 0. The van der Waals surface area contributed by atoms with Crippen molar-refractivity contribution in [3.05, 3.63) is 34.5 Å². The highest BCUT2D eigenvalue weighted by Gasteiger charge is 2.15. The Kier molecular flexibility index (Phi) is 3.98. The molecule has 0 radical (unpaired) electrons. The summed E-state index contributed by atoms with van der Waals surface area (Å²) in [5, 5.41) is 2.97. The third-order valence-corrected chi connectivity index (χ3v) is 4.23. The molecule has 5 nitrogen and oxygen atoms in total. The van der Waals surface area contributed by atoms with Crippen molar-refractivity contribution in [2.75, 3.05) is 14.2 Å². The third kappa shape index (κ3) is 2.56. The minimum absolute atomic E-state index is 0.338. The maximum atomic E-state index is 6.03.